The van der Waals surface area contributed by atoms with Crippen LogP contribution in [-0.2, 0) is 6.61 Å². The van der Waals surface area contributed by atoms with E-state index < -0.39 is 5.91 Å². The molecule has 0 bridgehead atoms. The van der Waals surface area contributed by atoms with Crippen molar-refractivity contribution in [1.82, 2.24) is 0 Å². The van der Waals surface area contributed by atoms with Gasteiger partial charge in [0.15, 0.2) is 11.5 Å². The molecular formula is C16H15Cl2NO3. The lowest BCUT2D eigenvalue weighted by atomic mass is 10.2. The first-order chi connectivity index (χ1) is 10.5. The number of hydrogen-bond acceptors (Lipinski definition) is 3. The first-order valence-electron chi connectivity index (χ1n) is 6.64. The van der Waals surface area contributed by atoms with Crippen molar-refractivity contribution in [3.8, 4) is 11.5 Å². The summed E-state index contributed by atoms with van der Waals surface area (Å²) < 4.78 is 11.2. The summed E-state index contributed by atoms with van der Waals surface area (Å²) in [5.41, 5.74) is 6.47. The molecule has 0 aliphatic carbocycles. The maximum atomic E-state index is 11.3. The van der Waals surface area contributed by atoms with E-state index in [0.29, 0.717) is 29.7 Å². The Balaban J connectivity index is 2.25. The van der Waals surface area contributed by atoms with Crippen molar-refractivity contribution < 1.29 is 14.3 Å². The highest BCUT2D eigenvalue weighted by atomic mass is 35.5. The highest BCUT2D eigenvalue weighted by Gasteiger charge is 2.15. The normalized spacial score (nSPS) is 10.3. The predicted octanol–water partition coefficient (Wildman–Crippen LogP) is 4.07. The Hall–Kier alpha value is -1.91. The third kappa shape index (κ3) is 4.06. The fourth-order valence-electron chi connectivity index (χ4n) is 1.85. The van der Waals surface area contributed by atoms with Gasteiger partial charge in [-0.2, -0.15) is 0 Å². The molecule has 0 unspecified atom stereocenters. The Bertz CT molecular complexity index is 672. The summed E-state index contributed by atoms with van der Waals surface area (Å²) in [7, 11) is 0. The SMILES string of the molecule is CCOc1cc(C(N)=O)cc(Cl)c1OCc1ccc(Cl)cc1. The lowest BCUT2D eigenvalue weighted by Crippen LogP contribution is -2.11. The summed E-state index contributed by atoms with van der Waals surface area (Å²) in [6.45, 7) is 2.54. The third-order valence-electron chi connectivity index (χ3n) is 2.89. The maximum absolute atomic E-state index is 11.3. The summed E-state index contributed by atoms with van der Waals surface area (Å²) >= 11 is 12.0. The quantitative estimate of drug-likeness (QED) is 0.862. The number of carbonyl (C=O) groups excluding carboxylic acids is 1. The third-order valence-corrected chi connectivity index (χ3v) is 3.42. The molecule has 1 amide bonds. The number of amides is 1. The van der Waals surface area contributed by atoms with Crippen molar-refractivity contribution in [2.45, 2.75) is 13.5 Å². The largest absolute Gasteiger partial charge is 0.490 e. The summed E-state index contributed by atoms with van der Waals surface area (Å²) in [6, 6.07) is 10.3. The molecule has 2 aromatic carbocycles. The minimum atomic E-state index is -0.577. The fraction of sp³-hybridized carbons (Fsp3) is 0.188. The van der Waals surface area contributed by atoms with E-state index >= 15 is 0 Å². The van der Waals surface area contributed by atoms with Gasteiger partial charge in [0.2, 0.25) is 5.91 Å². The lowest BCUT2D eigenvalue weighted by Gasteiger charge is -2.14. The van der Waals surface area contributed by atoms with E-state index in [1.807, 2.05) is 19.1 Å². The highest BCUT2D eigenvalue weighted by molar-refractivity contribution is 6.32. The van der Waals surface area contributed by atoms with Crippen LogP contribution in [0.1, 0.15) is 22.8 Å². The Morgan fingerprint density at radius 2 is 1.82 bits per heavy atom. The number of halogens is 2. The van der Waals surface area contributed by atoms with E-state index in [-0.39, 0.29) is 10.6 Å². The Labute approximate surface area is 138 Å². The van der Waals surface area contributed by atoms with Gasteiger partial charge in [0.25, 0.3) is 0 Å². The van der Waals surface area contributed by atoms with Crippen LogP contribution in [0.2, 0.25) is 10.0 Å². The number of carbonyl (C=O) groups is 1. The van der Waals surface area contributed by atoms with Gasteiger partial charge in [0.05, 0.1) is 11.6 Å². The summed E-state index contributed by atoms with van der Waals surface area (Å²) in [5, 5.41) is 0.927. The molecule has 6 heteroatoms. The van der Waals surface area contributed by atoms with E-state index in [0.717, 1.165) is 5.56 Å². The van der Waals surface area contributed by atoms with E-state index in [9.17, 15) is 4.79 Å². The highest BCUT2D eigenvalue weighted by Crippen LogP contribution is 2.37. The standard InChI is InChI=1S/C16H15Cl2NO3/c1-2-21-14-8-11(16(19)20)7-13(18)15(14)22-9-10-3-5-12(17)6-4-10/h3-8H,2,9H2,1H3,(H2,19,20). The van der Waals surface area contributed by atoms with Crippen LogP contribution in [0.25, 0.3) is 0 Å². The van der Waals surface area contributed by atoms with Crippen LogP contribution in [-0.4, -0.2) is 12.5 Å². The van der Waals surface area contributed by atoms with Gasteiger partial charge in [-0.3, -0.25) is 4.79 Å². The summed E-state index contributed by atoms with van der Waals surface area (Å²) in [6.07, 6.45) is 0. The molecule has 0 fully saturated rings. The minimum absolute atomic E-state index is 0.271. The first-order valence-corrected chi connectivity index (χ1v) is 7.40. The Kier molecular flexibility index (Phi) is 5.52. The molecule has 0 aliphatic heterocycles. The number of ether oxygens (including phenoxy) is 2. The zero-order valence-electron chi connectivity index (χ0n) is 11.9. The number of primary amides is 1. The van der Waals surface area contributed by atoms with Gasteiger partial charge in [0, 0.05) is 10.6 Å². The fourth-order valence-corrected chi connectivity index (χ4v) is 2.24. The number of rotatable bonds is 6. The molecule has 22 heavy (non-hydrogen) atoms. The molecule has 0 heterocycles. The van der Waals surface area contributed by atoms with Crippen LogP contribution in [0.5, 0.6) is 11.5 Å². The number of nitrogens with two attached hydrogens (primary N) is 1. The Morgan fingerprint density at radius 1 is 1.14 bits per heavy atom. The molecule has 2 aromatic rings. The van der Waals surface area contributed by atoms with Gasteiger partial charge in [-0.25, -0.2) is 0 Å². The second-order valence-electron chi connectivity index (χ2n) is 4.50. The second-order valence-corrected chi connectivity index (χ2v) is 5.34. The maximum Gasteiger partial charge on any atom is 0.248 e. The van der Waals surface area contributed by atoms with Crippen molar-refractivity contribution >= 4 is 29.1 Å². The van der Waals surface area contributed by atoms with Gasteiger partial charge in [-0.15, -0.1) is 0 Å². The van der Waals surface area contributed by atoms with Crippen molar-refractivity contribution in [2.24, 2.45) is 5.73 Å². The van der Waals surface area contributed by atoms with Gasteiger partial charge in [-0.1, -0.05) is 35.3 Å². The molecule has 0 saturated heterocycles. The zero-order chi connectivity index (χ0) is 16.1. The number of hydrogen-bond donors (Lipinski definition) is 1. The van der Waals surface area contributed by atoms with E-state index in [1.165, 1.54) is 12.1 Å². The zero-order valence-corrected chi connectivity index (χ0v) is 13.4. The van der Waals surface area contributed by atoms with Crippen LogP contribution in [0.4, 0.5) is 0 Å². The minimum Gasteiger partial charge on any atom is -0.490 e. The van der Waals surface area contributed by atoms with Crippen LogP contribution in [0.3, 0.4) is 0 Å². The summed E-state index contributed by atoms with van der Waals surface area (Å²) in [5.74, 6) is 0.188. The second kappa shape index (κ2) is 7.38. The van der Waals surface area contributed by atoms with Crippen LogP contribution < -0.4 is 15.2 Å². The smallest absolute Gasteiger partial charge is 0.248 e. The van der Waals surface area contributed by atoms with E-state index in [4.69, 9.17) is 38.4 Å². The van der Waals surface area contributed by atoms with Gasteiger partial charge in [-0.05, 0) is 36.8 Å². The molecule has 0 atom stereocenters. The molecule has 0 aromatic heterocycles. The van der Waals surface area contributed by atoms with Gasteiger partial charge >= 0.3 is 0 Å². The lowest BCUT2D eigenvalue weighted by molar-refractivity contribution is 0.0999. The van der Waals surface area contributed by atoms with Crippen LogP contribution in [0.15, 0.2) is 36.4 Å². The van der Waals surface area contributed by atoms with Crippen molar-refractivity contribution in [3.63, 3.8) is 0 Å². The molecule has 2 rings (SSSR count). The molecule has 0 aliphatic rings. The average molecular weight is 340 g/mol. The van der Waals surface area contributed by atoms with Crippen molar-refractivity contribution in [1.29, 1.82) is 0 Å². The molecule has 4 nitrogen and oxygen atoms in total. The van der Waals surface area contributed by atoms with Crippen LogP contribution >= 0.6 is 23.2 Å². The van der Waals surface area contributed by atoms with Crippen molar-refractivity contribution in [2.75, 3.05) is 6.61 Å². The molecule has 0 radical (unpaired) electrons. The molecule has 0 saturated carbocycles. The molecule has 2 N–H and O–H groups in total. The van der Waals surface area contributed by atoms with Gasteiger partial charge < -0.3 is 15.2 Å². The Morgan fingerprint density at radius 3 is 2.41 bits per heavy atom. The molecule has 0 spiro atoms. The first kappa shape index (κ1) is 16.5. The van der Waals surface area contributed by atoms with Crippen molar-refractivity contribution in [3.05, 3.63) is 57.6 Å². The van der Waals surface area contributed by atoms with E-state index in [2.05, 4.69) is 0 Å². The van der Waals surface area contributed by atoms with Crippen LogP contribution in [0, 0.1) is 0 Å². The molecule has 116 valence electrons. The monoisotopic (exact) mass is 339 g/mol. The van der Waals surface area contributed by atoms with E-state index in [1.54, 1.807) is 12.1 Å². The average Bonchev–Trinajstić information content (AvgIpc) is 2.48. The topological polar surface area (TPSA) is 61.5 Å². The molecular weight excluding hydrogens is 325 g/mol. The van der Waals surface area contributed by atoms with Gasteiger partial charge in [0.1, 0.15) is 6.61 Å². The predicted molar refractivity (Wildman–Crippen MR) is 86.9 cm³/mol. The number of benzene rings is 2. The summed E-state index contributed by atoms with van der Waals surface area (Å²) in [4.78, 5) is 11.3.